The number of anilines is 1. The summed E-state index contributed by atoms with van der Waals surface area (Å²) in [6.45, 7) is 8.25. The van der Waals surface area contributed by atoms with E-state index in [2.05, 4.69) is 24.1 Å². The van der Waals surface area contributed by atoms with E-state index in [0.717, 1.165) is 37.0 Å². The first-order chi connectivity index (χ1) is 8.74. The Kier molecular flexibility index (Phi) is 4.97. The molecule has 1 atom stereocenters. The van der Waals surface area contributed by atoms with Crippen LogP contribution < -0.4 is 10.2 Å². The molecule has 102 valence electrons. The Bertz CT molecular complexity index is 380. The lowest BCUT2D eigenvalue weighted by atomic mass is 10.1. The number of hydrogen-bond acceptors (Lipinski definition) is 5. The van der Waals surface area contributed by atoms with Crippen molar-refractivity contribution in [1.29, 1.82) is 0 Å². The number of thiazole rings is 1. The molecule has 1 aromatic rings. The van der Waals surface area contributed by atoms with Crippen LogP contribution in [0.5, 0.6) is 0 Å². The Morgan fingerprint density at radius 1 is 1.56 bits per heavy atom. The maximum atomic E-state index is 5.47. The predicted octanol–water partition coefficient (Wildman–Crippen LogP) is 2.18. The molecule has 0 aromatic carbocycles. The summed E-state index contributed by atoms with van der Waals surface area (Å²) in [6, 6.07) is 0. The first-order valence-electron chi connectivity index (χ1n) is 6.69. The fourth-order valence-electron chi connectivity index (χ4n) is 2.25. The van der Waals surface area contributed by atoms with Crippen LogP contribution in [0.15, 0.2) is 0 Å². The van der Waals surface area contributed by atoms with Crippen LogP contribution in [0.1, 0.15) is 30.3 Å². The third-order valence-corrected chi connectivity index (χ3v) is 4.62. The summed E-state index contributed by atoms with van der Waals surface area (Å²) in [5, 5.41) is 4.52. The number of ether oxygens (including phenoxy) is 1. The first kappa shape index (κ1) is 13.8. The quantitative estimate of drug-likeness (QED) is 0.889. The lowest BCUT2D eigenvalue weighted by Gasteiger charge is -2.31. The van der Waals surface area contributed by atoms with Gasteiger partial charge < -0.3 is 15.0 Å². The molecular weight excluding hydrogens is 246 g/mol. The van der Waals surface area contributed by atoms with E-state index in [-0.39, 0.29) is 0 Å². The van der Waals surface area contributed by atoms with Crippen molar-refractivity contribution in [2.75, 3.05) is 31.6 Å². The molecule has 18 heavy (non-hydrogen) atoms. The van der Waals surface area contributed by atoms with Crippen LogP contribution in [0.2, 0.25) is 0 Å². The third-order valence-electron chi connectivity index (χ3n) is 3.40. The van der Waals surface area contributed by atoms with E-state index in [9.17, 15) is 0 Å². The van der Waals surface area contributed by atoms with Crippen LogP contribution >= 0.6 is 11.3 Å². The Morgan fingerprint density at radius 3 is 3.11 bits per heavy atom. The zero-order chi connectivity index (χ0) is 13.0. The van der Waals surface area contributed by atoms with Gasteiger partial charge in [-0.25, -0.2) is 4.98 Å². The number of rotatable bonds is 5. The molecule has 2 rings (SSSR count). The van der Waals surface area contributed by atoms with E-state index in [1.54, 1.807) is 7.11 Å². The number of aryl methyl sites for hydroxylation is 1. The average Bonchev–Trinajstić information content (AvgIpc) is 2.78. The molecule has 0 aliphatic carbocycles. The Labute approximate surface area is 113 Å². The van der Waals surface area contributed by atoms with Gasteiger partial charge in [-0.2, -0.15) is 0 Å². The largest absolute Gasteiger partial charge is 0.380 e. The fraction of sp³-hybridized carbons (Fsp3) is 0.769. The summed E-state index contributed by atoms with van der Waals surface area (Å²) in [5.41, 5.74) is 1.16. The summed E-state index contributed by atoms with van der Waals surface area (Å²) >= 11 is 1.82. The molecule has 5 heteroatoms. The minimum Gasteiger partial charge on any atom is -0.380 e. The standard InChI is InChI=1S/C13H23N3OS/c1-4-14-8-12-10(2)15-13(18-12)16-7-5-6-11(9-16)17-3/h11,14H,4-9H2,1-3H3. The normalized spacial score (nSPS) is 20.4. The minimum absolute atomic E-state index is 0.361. The highest BCUT2D eigenvalue weighted by Crippen LogP contribution is 2.28. The van der Waals surface area contributed by atoms with E-state index >= 15 is 0 Å². The van der Waals surface area contributed by atoms with Gasteiger partial charge in [0.15, 0.2) is 5.13 Å². The second-order valence-corrected chi connectivity index (χ2v) is 5.79. The highest BCUT2D eigenvalue weighted by atomic mass is 32.1. The molecule has 0 bridgehead atoms. The minimum atomic E-state index is 0.361. The van der Waals surface area contributed by atoms with E-state index in [4.69, 9.17) is 9.72 Å². The number of methoxy groups -OCH3 is 1. The van der Waals surface area contributed by atoms with Gasteiger partial charge in [0.1, 0.15) is 0 Å². The summed E-state index contributed by atoms with van der Waals surface area (Å²) < 4.78 is 5.47. The molecule has 0 saturated carbocycles. The zero-order valence-electron chi connectivity index (χ0n) is 11.5. The monoisotopic (exact) mass is 269 g/mol. The van der Waals surface area contributed by atoms with E-state index < -0.39 is 0 Å². The molecule has 1 N–H and O–H groups in total. The molecule has 2 heterocycles. The Balaban J connectivity index is 2.03. The second-order valence-electron chi connectivity index (χ2n) is 4.73. The molecule has 0 spiro atoms. The van der Waals surface area contributed by atoms with Gasteiger partial charge >= 0.3 is 0 Å². The van der Waals surface area contributed by atoms with Crippen molar-refractivity contribution >= 4 is 16.5 Å². The number of aromatic nitrogens is 1. The van der Waals surface area contributed by atoms with E-state index in [1.165, 1.54) is 17.7 Å². The third kappa shape index (κ3) is 3.22. The second kappa shape index (κ2) is 6.50. The van der Waals surface area contributed by atoms with E-state index in [1.807, 2.05) is 11.3 Å². The smallest absolute Gasteiger partial charge is 0.185 e. The summed E-state index contributed by atoms with van der Waals surface area (Å²) in [7, 11) is 1.80. The number of nitrogens with one attached hydrogen (secondary N) is 1. The summed E-state index contributed by atoms with van der Waals surface area (Å²) in [4.78, 5) is 8.42. The number of hydrogen-bond donors (Lipinski definition) is 1. The van der Waals surface area contributed by atoms with Gasteiger partial charge in [0.25, 0.3) is 0 Å². The summed E-state index contributed by atoms with van der Waals surface area (Å²) in [5.74, 6) is 0. The molecule has 4 nitrogen and oxygen atoms in total. The maximum absolute atomic E-state index is 5.47. The van der Waals surface area contributed by atoms with Crippen LogP contribution in [-0.2, 0) is 11.3 Å². The molecular formula is C13H23N3OS. The van der Waals surface area contributed by atoms with E-state index in [0.29, 0.717) is 6.10 Å². The highest BCUT2D eigenvalue weighted by molar-refractivity contribution is 7.15. The summed E-state index contributed by atoms with van der Waals surface area (Å²) in [6.07, 6.45) is 2.72. The topological polar surface area (TPSA) is 37.4 Å². The van der Waals surface area contributed by atoms with Crippen molar-refractivity contribution in [1.82, 2.24) is 10.3 Å². The van der Waals surface area contributed by atoms with Gasteiger partial charge in [-0.05, 0) is 26.3 Å². The van der Waals surface area contributed by atoms with Gasteiger partial charge in [0, 0.05) is 31.6 Å². The Morgan fingerprint density at radius 2 is 2.39 bits per heavy atom. The molecule has 1 unspecified atom stereocenters. The predicted molar refractivity (Wildman–Crippen MR) is 76.5 cm³/mol. The van der Waals surface area contributed by atoms with Gasteiger partial charge in [-0.3, -0.25) is 0 Å². The van der Waals surface area contributed by atoms with Crippen LogP contribution in [0.4, 0.5) is 5.13 Å². The Hall–Kier alpha value is -0.650. The first-order valence-corrected chi connectivity index (χ1v) is 7.51. The van der Waals surface area contributed by atoms with Gasteiger partial charge in [-0.1, -0.05) is 6.92 Å². The van der Waals surface area contributed by atoms with Gasteiger partial charge in [0.2, 0.25) is 0 Å². The van der Waals surface area contributed by atoms with Crippen LogP contribution in [-0.4, -0.2) is 37.8 Å². The van der Waals surface area contributed by atoms with Crippen LogP contribution in [0.3, 0.4) is 0 Å². The van der Waals surface area contributed by atoms with Crippen LogP contribution in [0.25, 0.3) is 0 Å². The lowest BCUT2D eigenvalue weighted by molar-refractivity contribution is 0.0893. The average molecular weight is 269 g/mol. The van der Waals surface area contributed by atoms with Crippen LogP contribution in [0, 0.1) is 6.92 Å². The SMILES string of the molecule is CCNCc1sc(N2CCCC(OC)C2)nc1C. The highest BCUT2D eigenvalue weighted by Gasteiger charge is 2.22. The number of nitrogens with zero attached hydrogens (tertiary/aromatic N) is 2. The van der Waals surface area contributed by atoms with Crippen molar-refractivity contribution in [3.63, 3.8) is 0 Å². The van der Waals surface area contributed by atoms with Gasteiger partial charge in [0.05, 0.1) is 11.8 Å². The lowest BCUT2D eigenvalue weighted by Crippen LogP contribution is -2.39. The van der Waals surface area contributed by atoms with Crippen molar-refractivity contribution in [3.05, 3.63) is 10.6 Å². The molecule has 1 saturated heterocycles. The molecule has 1 aromatic heterocycles. The van der Waals surface area contributed by atoms with Crippen molar-refractivity contribution in [3.8, 4) is 0 Å². The molecule has 1 fully saturated rings. The van der Waals surface area contributed by atoms with Crippen molar-refractivity contribution in [2.24, 2.45) is 0 Å². The van der Waals surface area contributed by atoms with Crippen molar-refractivity contribution < 1.29 is 4.74 Å². The van der Waals surface area contributed by atoms with Gasteiger partial charge in [-0.15, -0.1) is 11.3 Å². The molecule has 0 radical (unpaired) electrons. The zero-order valence-corrected chi connectivity index (χ0v) is 12.3. The molecule has 1 aliphatic heterocycles. The maximum Gasteiger partial charge on any atom is 0.185 e. The fourth-order valence-corrected chi connectivity index (χ4v) is 3.32. The molecule has 0 amide bonds. The van der Waals surface area contributed by atoms with Crippen molar-refractivity contribution in [2.45, 2.75) is 39.3 Å². The molecule has 1 aliphatic rings. The number of piperidine rings is 1.